The third kappa shape index (κ3) is 6.23. The molecule has 7 heteroatoms. The van der Waals surface area contributed by atoms with Gasteiger partial charge in [0.25, 0.3) is 5.91 Å². The Hall–Kier alpha value is -3.03. The van der Waals surface area contributed by atoms with Gasteiger partial charge in [0.2, 0.25) is 0 Å². The van der Waals surface area contributed by atoms with Gasteiger partial charge in [0.05, 0.1) is 6.61 Å². The van der Waals surface area contributed by atoms with Crippen LogP contribution in [0.1, 0.15) is 34.8 Å². The summed E-state index contributed by atoms with van der Waals surface area (Å²) in [6, 6.07) is 11.5. The van der Waals surface area contributed by atoms with Gasteiger partial charge in [-0.05, 0) is 47.9 Å². The van der Waals surface area contributed by atoms with E-state index in [-0.39, 0.29) is 17.8 Å². The van der Waals surface area contributed by atoms with E-state index in [9.17, 15) is 9.18 Å². The van der Waals surface area contributed by atoms with E-state index in [0.29, 0.717) is 23.1 Å². The van der Waals surface area contributed by atoms with Crippen LogP contribution in [0.15, 0.2) is 54.0 Å². The molecule has 0 spiro atoms. The van der Waals surface area contributed by atoms with Crippen molar-refractivity contribution in [2.45, 2.75) is 19.4 Å². The monoisotopic (exact) mass is 426 g/mol. The predicted molar refractivity (Wildman–Crippen MR) is 118 cm³/mol. The first kappa shape index (κ1) is 21.7. The highest BCUT2D eigenvalue weighted by Crippen LogP contribution is 2.23. The van der Waals surface area contributed by atoms with Gasteiger partial charge in [0, 0.05) is 24.3 Å². The Labute approximate surface area is 179 Å². The third-order valence-electron chi connectivity index (χ3n) is 4.29. The van der Waals surface area contributed by atoms with Crippen molar-refractivity contribution >= 4 is 34.5 Å². The van der Waals surface area contributed by atoms with Gasteiger partial charge in [-0.3, -0.25) is 10.1 Å². The molecule has 1 atom stereocenters. The van der Waals surface area contributed by atoms with Crippen LogP contribution < -0.4 is 10.1 Å². The lowest BCUT2D eigenvalue weighted by atomic mass is 10.1. The van der Waals surface area contributed by atoms with E-state index in [1.807, 2.05) is 25.1 Å². The van der Waals surface area contributed by atoms with Gasteiger partial charge in [-0.15, -0.1) is 11.3 Å². The molecule has 3 aromatic rings. The number of amides is 1. The maximum Gasteiger partial charge on any atom is 0.257 e. The molecule has 0 aliphatic carbocycles. The van der Waals surface area contributed by atoms with Gasteiger partial charge < -0.3 is 9.47 Å². The molecule has 2 aromatic carbocycles. The molecule has 1 heterocycles. The lowest BCUT2D eigenvalue weighted by Gasteiger charge is -2.17. The third-order valence-corrected chi connectivity index (χ3v) is 4.98. The number of ether oxygens (including phenoxy) is 2. The summed E-state index contributed by atoms with van der Waals surface area (Å²) in [5.74, 6) is 0.0171. The zero-order valence-corrected chi connectivity index (χ0v) is 17.6. The summed E-state index contributed by atoms with van der Waals surface area (Å²) in [5.41, 5.74) is 2.09. The molecule has 0 saturated heterocycles. The summed E-state index contributed by atoms with van der Waals surface area (Å²) < 4.78 is 24.4. The minimum absolute atomic E-state index is 0.124. The van der Waals surface area contributed by atoms with E-state index in [1.54, 1.807) is 43.0 Å². The van der Waals surface area contributed by atoms with Gasteiger partial charge in [0.15, 0.2) is 5.13 Å². The van der Waals surface area contributed by atoms with Crippen LogP contribution in [0.2, 0.25) is 0 Å². The number of carbonyl (C=O) groups is 1. The second-order valence-corrected chi connectivity index (χ2v) is 7.47. The van der Waals surface area contributed by atoms with Crippen molar-refractivity contribution in [1.29, 1.82) is 0 Å². The number of aromatic nitrogens is 1. The molecule has 1 unspecified atom stereocenters. The Kier molecular flexibility index (Phi) is 7.70. The smallest absolute Gasteiger partial charge is 0.257 e. The lowest BCUT2D eigenvalue weighted by Crippen LogP contribution is -2.21. The maximum atomic E-state index is 13.1. The number of anilines is 1. The molecule has 156 valence electrons. The molecule has 30 heavy (non-hydrogen) atoms. The molecular formula is C23H23FN2O3S. The molecule has 0 radical (unpaired) electrons. The van der Waals surface area contributed by atoms with Crippen molar-refractivity contribution < 1.29 is 18.7 Å². The van der Waals surface area contributed by atoms with Gasteiger partial charge >= 0.3 is 0 Å². The minimum Gasteiger partial charge on any atom is -0.488 e. The molecule has 0 aliphatic rings. The summed E-state index contributed by atoms with van der Waals surface area (Å²) >= 11 is 1.35. The first-order valence-electron chi connectivity index (χ1n) is 9.52. The molecule has 5 nitrogen and oxygen atoms in total. The second-order valence-electron chi connectivity index (χ2n) is 6.57. The quantitative estimate of drug-likeness (QED) is 0.459. The molecular weight excluding hydrogens is 403 g/mol. The molecule has 0 saturated carbocycles. The minimum atomic E-state index is -0.285. The van der Waals surface area contributed by atoms with Crippen LogP contribution in [0.5, 0.6) is 5.75 Å². The fourth-order valence-corrected chi connectivity index (χ4v) is 3.28. The number of rotatable bonds is 9. The van der Waals surface area contributed by atoms with E-state index < -0.39 is 0 Å². The van der Waals surface area contributed by atoms with Crippen LogP contribution in [-0.4, -0.2) is 30.7 Å². The van der Waals surface area contributed by atoms with Crippen LogP contribution in [-0.2, 0) is 4.74 Å². The van der Waals surface area contributed by atoms with Gasteiger partial charge in [-0.2, -0.15) is 0 Å². The summed E-state index contributed by atoms with van der Waals surface area (Å²) in [6.07, 6.45) is 5.99. The standard InChI is InChI=1S/C23H23FN2O3S/c1-3-20(15-28-2)29-21-13-17(5-4-16-6-8-19(24)9-7-16)12-18(14-21)22(27)26-23-25-10-11-30-23/h4-14,20H,3,15H2,1-2H3,(H,25,26,27)/b5-4+. The molecule has 0 aliphatic heterocycles. The van der Waals surface area contributed by atoms with Crippen LogP contribution >= 0.6 is 11.3 Å². The van der Waals surface area contributed by atoms with Crippen molar-refractivity contribution in [3.05, 3.63) is 76.5 Å². The van der Waals surface area contributed by atoms with E-state index in [2.05, 4.69) is 10.3 Å². The number of hydrogen-bond acceptors (Lipinski definition) is 5. The van der Waals surface area contributed by atoms with Crippen LogP contribution in [0, 0.1) is 5.82 Å². The molecule has 3 rings (SSSR count). The largest absolute Gasteiger partial charge is 0.488 e. The van der Waals surface area contributed by atoms with Crippen molar-refractivity contribution in [1.82, 2.24) is 4.98 Å². The van der Waals surface area contributed by atoms with Crippen LogP contribution in [0.25, 0.3) is 12.2 Å². The normalized spacial score (nSPS) is 12.1. The Morgan fingerprint density at radius 2 is 1.97 bits per heavy atom. The number of benzene rings is 2. The number of carbonyl (C=O) groups excluding carboxylic acids is 1. The first-order valence-corrected chi connectivity index (χ1v) is 10.4. The Balaban J connectivity index is 1.88. The maximum absolute atomic E-state index is 13.1. The van der Waals surface area contributed by atoms with Crippen molar-refractivity contribution in [3.63, 3.8) is 0 Å². The van der Waals surface area contributed by atoms with Gasteiger partial charge in [-0.1, -0.05) is 31.2 Å². The van der Waals surface area contributed by atoms with Crippen LogP contribution in [0.3, 0.4) is 0 Å². The van der Waals surface area contributed by atoms with E-state index >= 15 is 0 Å². The fraction of sp³-hybridized carbons (Fsp3) is 0.217. The molecule has 1 N–H and O–H groups in total. The predicted octanol–water partition coefficient (Wildman–Crippen LogP) is 5.51. The number of nitrogens with zero attached hydrogens (tertiary/aromatic N) is 1. The lowest BCUT2D eigenvalue weighted by molar-refractivity contribution is 0.0786. The Morgan fingerprint density at radius 3 is 2.63 bits per heavy atom. The zero-order valence-electron chi connectivity index (χ0n) is 16.8. The van der Waals surface area contributed by atoms with E-state index in [4.69, 9.17) is 9.47 Å². The van der Waals surface area contributed by atoms with Crippen molar-refractivity contribution in [2.24, 2.45) is 0 Å². The Morgan fingerprint density at radius 1 is 1.20 bits per heavy atom. The summed E-state index contributed by atoms with van der Waals surface area (Å²) in [7, 11) is 1.63. The zero-order chi connectivity index (χ0) is 21.3. The SMILES string of the molecule is CCC(COC)Oc1cc(/C=C/c2ccc(F)cc2)cc(C(=O)Nc2nccs2)c1. The topological polar surface area (TPSA) is 60.5 Å². The summed E-state index contributed by atoms with van der Waals surface area (Å²) in [6.45, 7) is 2.46. The van der Waals surface area contributed by atoms with Crippen molar-refractivity contribution in [3.8, 4) is 5.75 Å². The Bertz CT molecular complexity index is 988. The van der Waals surface area contributed by atoms with Crippen molar-refractivity contribution in [2.75, 3.05) is 19.0 Å². The van der Waals surface area contributed by atoms with E-state index in [1.165, 1.54) is 23.5 Å². The van der Waals surface area contributed by atoms with Gasteiger partial charge in [0.1, 0.15) is 17.7 Å². The highest BCUT2D eigenvalue weighted by atomic mass is 32.1. The average molecular weight is 427 g/mol. The number of halogens is 1. The molecule has 1 amide bonds. The highest BCUT2D eigenvalue weighted by Gasteiger charge is 2.13. The summed E-state index contributed by atoms with van der Waals surface area (Å²) in [5, 5.41) is 5.11. The molecule has 1 aromatic heterocycles. The number of hydrogen-bond donors (Lipinski definition) is 1. The fourth-order valence-electron chi connectivity index (χ4n) is 2.75. The highest BCUT2D eigenvalue weighted by molar-refractivity contribution is 7.13. The number of methoxy groups -OCH3 is 1. The van der Waals surface area contributed by atoms with Crippen LogP contribution in [0.4, 0.5) is 9.52 Å². The summed E-state index contributed by atoms with van der Waals surface area (Å²) in [4.78, 5) is 16.8. The second kappa shape index (κ2) is 10.7. The molecule has 0 fully saturated rings. The van der Waals surface area contributed by atoms with E-state index in [0.717, 1.165) is 17.5 Å². The average Bonchev–Trinajstić information content (AvgIpc) is 3.26. The molecule has 0 bridgehead atoms. The number of nitrogens with one attached hydrogen (secondary N) is 1. The number of thiazole rings is 1. The first-order chi connectivity index (χ1) is 14.6. The van der Waals surface area contributed by atoms with Gasteiger partial charge in [-0.25, -0.2) is 9.37 Å².